The first kappa shape index (κ1) is 13.2. The van der Waals surface area contributed by atoms with Gasteiger partial charge in [0.2, 0.25) is 0 Å². The van der Waals surface area contributed by atoms with Crippen LogP contribution in [0.3, 0.4) is 0 Å². The minimum Gasteiger partial charge on any atom is -0.369 e. The first-order chi connectivity index (χ1) is 9.66. The first-order valence-corrected chi connectivity index (χ1v) is 7.70. The van der Waals surface area contributed by atoms with E-state index in [1.54, 1.807) is 17.5 Å². The topological polar surface area (TPSA) is 59.0 Å². The number of hydrogen-bond acceptors (Lipinski definition) is 4. The molecule has 1 aliphatic rings. The summed E-state index contributed by atoms with van der Waals surface area (Å²) in [6.07, 6.45) is 2.65. The lowest BCUT2D eigenvalue weighted by Gasteiger charge is -2.25. The Bertz CT molecular complexity index is 603. The third kappa shape index (κ3) is 2.31. The first-order valence-electron chi connectivity index (χ1n) is 6.82. The Morgan fingerprint density at radius 2 is 2.45 bits per heavy atom. The Balaban J connectivity index is 1.93. The van der Waals surface area contributed by atoms with Crippen LogP contribution in [0, 0.1) is 0 Å². The standard InChI is InChI=1S/C14H18N4OS/c1-9(2)17-14(19)10-8-16-18-11(5-6-15-13(10)18)12-4-3-7-20-12/h3-4,7-9,11,15H,5-6H2,1-2H3,(H,17,19). The van der Waals surface area contributed by atoms with Gasteiger partial charge in [0.1, 0.15) is 11.4 Å². The molecular formula is C14H18N4OS. The van der Waals surface area contributed by atoms with Crippen molar-refractivity contribution in [3.63, 3.8) is 0 Å². The van der Waals surface area contributed by atoms with E-state index < -0.39 is 0 Å². The molecule has 2 aromatic heterocycles. The normalized spacial score (nSPS) is 17.6. The van der Waals surface area contributed by atoms with Crippen LogP contribution in [0.5, 0.6) is 0 Å². The summed E-state index contributed by atoms with van der Waals surface area (Å²) in [6.45, 7) is 4.77. The van der Waals surface area contributed by atoms with Crippen LogP contribution in [-0.4, -0.2) is 28.3 Å². The Labute approximate surface area is 122 Å². The highest BCUT2D eigenvalue weighted by atomic mass is 32.1. The number of fused-ring (bicyclic) bond motifs is 1. The van der Waals surface area contributed by atoms with Crippen molar-refractivity contribution in [3.8, 4) is 0 Å². The summed E-state index contributed by atoms with van der Waals surface area (Å²) >= 11 is 1.73. The summed E-state index contributed by atoms with van der Waals surface area (Å²) in [5, 5.41) is 12.7. The van der Waals surface area contributed by atoms with Crippen molar-refractivity contribution >= 4 is 23.1 Å². The molecule has 0 bridgehead atoms. The van der Waals surface area contributed by atoms with Crippen molar-refractivity contribution in [1.29, 1.82) is 0 Å². The molecule has 106 valence electrons. The number of carbonyl (C=O) groups is 1. The molecule has 2 aromatic rings. The van der Waals surface area contributed by atoms with Gasteiger partial charge in [0.25, 0.3) is 5.91 Å². The number of carbonyl (C=O) groups excluding carboxylic acids is 1. The van der Waals surface area contributed by atoms with Crippen LogP contribution in [-0.2, 0) is 0 Å². The molecule has 0 saturated carbocycles. The summed E-state index contributed by atoms with van der Waals surface area (Å²) < 4.78 is 1.94. The van der Waals surface area contributed by atoms with Crippen molar-refractivity contribution in [2.24, 2.45) is 0 Å². The van der Waals surface area contributed by atoms with Gasteiger partial charge in [-0.05, 0) is 31.7 Å². The maximum absolute atomic E-state index is 12.2. The van der Waals surface area contributed by atoms with Crippen LogP contribution in [0.1, 0.15) is 41.5 Å². The largest absolute Gasteiger partial charge is 0.369 e. The van der Waals surface area contributed by atoms with E-state index in [0.717, 1.165) is 18.8 Å². The maximum Gasteiger partial charge on any atom is 0.256 e. The molecule has 0 fully saturated rings. The highest BCUT2D eigenvalue weighted by molar-refractivity contribution is 7.10. The molecule has 5 nitrogen and oxygen atoms in total. The van der Waals surface area contributed by atoms with Gasteiger partial charge in [0.15, 0.2) is 0 Å². The molecule has 0 aliphatic carbocycles. The molecule has 1 amide bonds. The fraction of sp³-hybridized carbons (Fsp3) is 0.429. The highest BCUT2D eigenvalue weighted by Gasteiger charge is 2.27. The average molecular weight is 290 g/mol. The van der Waals surface area contributed by atoms with Crippen molar-refractivity contribution < 1.29 is 4.79 Å². The quantitative estimate of drug-likeness (QED) is 0.913. The Kier molecular flexibility index (Phi) is 3.48. The molecule has 0 radical (unpaired) electrons. The van der Waals surface area contributed by atoms with E-state index in [1.165, 1.54) is 4.88 Å². The molecule has 0 saturated heterocycles. The number of anilines is 1. The predicted molar refractivity (Wildman–Crippen MR) is 80.4 cm³/mol. The minimum atomic E-state index is -0.0689. The van der Waals surface area contributed by atoms with Crippen LogP contribution < -0.4 is 10.6 Å². The van der Waals surface area contributed by atoms with E-state index in [-0.39, 0.29) is 18.0 Å². The van der Waals surface area contributed by atoms with Gasteiger partial charge >= 0.3 is 0 Å². The predicted octanol–water partition coefficient (Wildman–Crippen LogP) is 2.49. The molecule has 20 heavy (non-hydrogen) atoms. The van der Waals surface area contributed by atoms with Crippen LogP contribution >= 0.6 is 11.3 Å². The maximum atomic E-state index is 12.2. The molecule has 6 heteroatoms. The summed E-state index contributed by atoms with van der Waals surface area (Å²) in [5.74, 6) is 0.758. The third-order valence-electron chi connectivity index (χ3n) is 3.34. The monoisotopic (exact) mass is 290 g/mol. The van der Waals surface area contributed by atoms with Gasteiger partial charge in [-0.25, -0.2) is 4.68 Å². The molecule has 0 aromatic carbocycles. The van der Waals surface area contributed by atoms with Gasteiger partial charge in [-0.15, -0.1) is 11.3 Å². The second kappa shape index (κ2) is 5.28. The van der Waals surface area contributed by atoms with Crippen molar-refractivity contribution in [1.82, 2.24) is 15.1 Å². The van der Waals surface area contributed by atoms with Crippen LogP contribution in [0.25, 0.3) is 0 Å². The summed E-state index contributed by atoms with van der Waals surface area (Å²) in [4.78, 5) is 13.5. The molecule has 0 spiro atoms. The SMILES string of the molecule is CC(C)NC(=O)c1cnn2c1NCCC2c1cccs1. The molecule has 2 N–H and O–H groups in total. The Hall–Kier alpha value is -1.82. The third-order valence-corrected chi connectivity index (χ3v) is 4.31. The number of nitrogens with zero attached hydrogens (tertiary/aromatic N) is 2. The van der Waals surface area contributed by atoms with Crippen molar-refractivity contribution in [2.45, 2.75) is 32.4 Å². The fourth-order valence-corrected chi connectivity index (χ4v) is 3.32. The zero-order chi connectivity index (χ0) is 14.1. The zero-order valence-electron chi connectivity index (χ0n) is 11.6. The van der Waals surface area contributed by atoms with Gasteiger partial charge in [0, 0.05) is 17.5 Å². The molecule has 1 unspecified atom stereocenters. The van der Waals surface area contributed by atoms with E-state index in [4.69, 9.17) is 0 Å². The van der Waals surface area contributed by atoms with Crippen molar-refractivity contribution in [3.05, 3.63) is 34.2 Å². The number of hydrogen-bond donors (Lipinski definition) is 2. The lowest BCUT2D eigenvalue weighted by molar-refractivity contribution is 0.0944. The van der Waals surface area contributed by atoms with Gasteiger partial charge < -0.3 is 10.6 Å². The summed E-state index contributed by atoms with van der Waals surface area (Å²) in [6, 6.07) is 4.53. The fourth-order valence-electron chi connectivity index (χ4n) is 2.47. The molecule has 1 aliphatic heterocycles. The van der Waals surface area contributed by atoms with Gasteiger partial charge in [0.05, 0.1) is 12.2 Å². The molecular weight excluding hydrogens is 272 g/mol. The molecule has 3 rings (SSSR count). The zero-order valence-corrected chi connectivity index (χ0v) is 12.4. The summed E-state index contributed by atoms with van der Waals surface area (Å²) in [7, 11) is 0. The van der Waals surface area contributed by atoms with E-state index >= 15 is 0 Å². The van der Waals surface area contributed by atoms with E-state index in [0.29, 0.717) is 5.56 Å². The Morgan fingerprint density at radius 3 is 3.15 bits per heavy atom. The summed E-state index contributed by atoms with van der Waals surface area (Å²) in [5.41, 5.74) is 0.625. The average Bonchev–Trinajstić information content (AvgIpc) is 3.07. The number of rotatable bonds is 3. The number of amides is 1. The number of aromatic nitrogens is 2. The van der Waals surface area contributed by atoms with Crippen LogP contribution in [0.2, 0.25) is 0 Å². The van der Waals surface area contributed by atoms with Crippen LogP contribution in [0.4, 0.5) is 5.82 Å². The van der Waals surface area contributed by atoms with Gasteiger partial charge in [-0.3, -0.25) is 4.79 Å². The Morgan fingerprint density at radius 1 is 1.60 bits per heavy atom. The van der Waals surface area contributed by atoms with E-state index in [2.05, 4.69) is 33.2 Å². The number of thiophene rings is 1. The smallest absolute Gasteiger partial charge is 0.256 e. The van der Waals surface area contributed by atoms with E-state index in [9.17, 15) is 4.79 Å². The van der Waals surface area contributed by atoms with Crippen LogP contribution in [0.15, 0.2) is 23.7 Å². The molecule has 3 heterocycles. The highest BCUT2D eigenvalue weighted by Crippen LogP contribution is 2.33. The van der Waals surface area contributed by atoms with Crippen molar-refractivity contribution in [2.75, 3.05) is 11.9 Å². The lowest BCUT2D eigenvalue weighted by Crippen LogP contribution is -2.31. The van der Waals surface area contributed by atoms with E-state index in [1.807, 2.05) is 18.5 Å². The minimum absolute atomic E-state index is 0.0689. The van der Waals surface area contributed by atoms with Gasteiger partial charge in [-0.1, -0.05) is 6.07 Å². The molecule has 1 atom stereocenters. The second-order valence-corrected chi connectivity index (χ2v) is 6.21. The second-order valence-electron chi connectivity index (χ2n) is 5.23. The lowest BCUT2D eigenvalue weighted by atomic mass is 10.1. The van der Waals surface area contributed by atoms with Gasteiger partial charge in [-0.2, -0.15) is 5.10 Å². The number of nitrogens with one attached hydrogen (secondary N) is 2.